The highest BCUT2D eigenvalue weighted by Gasteiger charge is 2.54. The Morgan fingerprint density at radius 2 is 1.61 bits per heavy atom. The lowest BCUT2D eigenvalue weighted by Crippen LogP contribution is -2.56. The Morgan fingerprint density at radius 3 is 2.07 bits per heavy atom. The van der Waals surface area contributed by atoms with E-state index in [9.17, 15) is 16.8 Å². The Labute approximate surface area is 173 Å². The molecule has 28 heavy (non-hydrogen) atoms. The van der Waals surface area contributed by atoms with Crippen molar-refractivity contribution in [3.8, 4) is 0 Å². The summed E-state index contributed by atoms with van der Waals surface area (Å²) in [7, 11) is -7.45. The first-order chi connectivity index (χ1) is 13.0. The van der Waals surface area contributed by atoms with Crippen LogP contribution in [0.25, 0.3) is 0 Å². The molecule has 1 N–H and O–H groups in total. The Balaban J connectivity index is 1.66. The van der Waals surface area contributed by atoms with Gasteiger partial charge in [0.25, 0.3) is 0 Å². The van der Waals surface area contributed by atoms with E-state index in [1.165, 1.54) is 37.5 Å². The third-order valence-corrected chi connectivity index (χ3v) is 10.2. The smallest absolute Gasteiger partial charge is 0.224 e. The van der Waals surface area contributed by atoms with E-state index < -0.39 is 19.9 Å². The number of halogens is 1. The molecule has 4 aliphatic carbocycles. The molecule has 0 aromatic heterocycles. The predicted octanol–water partition coefficient (Wildman–Crippen LogP) is 4.02. The van der Waals surface area contributed by atoms with E-state index in [2.05, 4.69) is 4.72 Å². The van der Waals surface area contributed by atoms with Gasteiger partial charge < -0.3 is 0 Å². The lowest BCUT2D eigenvalue weighted by molar-refractivity contribution is -0.0704. The highest BCUT2D eigenvalue weighted by Crippen LogP contribution is 2.61. The normalized spacial score (nSPS) is 33.2. The minimum atomic E-state index is -3.93. The van der Waals surface area contributed by atoms with Crippen LogP contribution < -0.4 is 4.72 Å². The summed E-state index contributed by atoms with van der Waals surface area (Å²) in [4.78, 5) is -0.194. The summed E-state index contributed by atoms with van der Waals surface area (Å²) in [5, 5.41) is 0.0419. The van der Waals surface area contributed by atoms with Crippen molar-refractivity contribution in [3.05, 3.63) is 23.2 Å². The molecule has 156 valence electrons. The van der Waals surface area contributed by atoms with Gasteiger partial charge in [-0.05, 0) is 86.3 Å². The van der Waals surface area contributed by atoms with Crippen molar-refractivity contribution >= 4 is 31.5 Å². The molecule has 0 aliphatic heterocycles. The van der Waals surface area contributed by atoms with Gasteiger partial charge >= 0.3 is 0 Å². The summed E-state index contributed by atoms with van der Waals surface area (Å²) in [6.45, 7) is 2.03. The van der Waals surface area contributed by atoms with Gasteiger partial charge in [0, 0.05) is 12.3 Å². The molecule has 4 fully saturated rings. The van der Waals surface area contributed by atoms with Crippen LogP contribution in [0.1, 0.15) is 51.9 Å². The number of sulfonamides is 1. The molecule has 8 heteroatoms. The maximum atomic E-state index is 13.2. The van der Waals surface area contributed by atoms with Crippen LogP contribution in [0.2, 0.25) is 5.02 Å². The van der Waals surface area contributed by atoms with Crippen molar-refractivity contribution in [1.82, 2.24) is 4.72 Å². The Morgan fingerprint density at radius 1 is 1.07 bits per heavy atom. The van der Waals surface area contributed by atoms with Crippen LogP contribution in [-0.4, -0.2) is 29.1 Å². The predicted molar refractivity (Wildman–Crippen MR) is 110 cm³/mol. The summed E-state index contributed by atoms with van der Waals surface area (Å²) < 4.78 is 53.1. The van der Waals surface area contributed by atoms with Gasteiger partial charge in [0.05, 0.1) is 9.92 Å². The van der Waals surface area contributed by atoms with Gasteiger partial charge in [-0.15, -0.1) is 0 Å². The molecule has 5 nitrogen and oxygen atoms in total. The second-order valence-electron chi connectivity index (χ2n) is 9.23. The van der Waals surface area contributed by atoms with E-state index in [1.54, 1.807) is 0 Å². The van der Waals surface area contributed by atoms with Gasteiger partial charge in [-0.3, -0.25) is 0 Å². The first kappa shape index (κ1) is 20.6. The lowest BCUT2D eigenvalue weighted by atomic mass is 9.47. The molecular formula is C20H28ClNO4S2. The van der Waals surface area contributed by atoms with Crippen molar-refractivity contribution in [2.24, 2.45) is 23.2 Å². The number of hydrogen-bond donors (Lipinski definition) is 1. The second-order valence-corrected chi connectivity index (χ2v) is 13.3. The second kappa shape index (κ2) is 6.96. The van der Waals surface area contributed by atoms with E-state index in [4.69, 9.17) is 11.6 Å². The lowest BCUT2D eigenvalue weighted by Gasteiger charge is -2.59. The van der Waals surface area contributed by atoms with Crippen LogP contribution in [0.5, 0.6) is 0 Å². The van der Waals surface area contributed by atoms with Crippen molar-refractivity contribution in [2.45, 2.75) is 67.7 Å². The molecule has 0 radical (unpaired) electrons. The average Bonchev–Trinajstić information content (AvgIpc) is 2.57. The fraction of sp³-hybridized carbons (Fsp3) is 0.700. The summed E-state index contributed by atoms with van der Waals surface area (Å²) in [5.74, 6) is 2.17. The molecule has 1 aromatic carbocycles. The fourth-order valence-corrected chi connectivity index (χ4v) is 9.09. The Kier molecular flexibility index (Phi) is 5.13. The molecule has 0 spiro atoms. The Hall–Kier alpha value is -0.630. The van der Waals surface area contributed by atoms with Crippen molar-refractivity contribution in [3.63, 3.8) is 0 Å². The molecule has 4 bridgehead atoms. The van der Waals surface area contributed by atoms with Gasteiger partial charge in [-0.1, -0.05) is 18.5 Å². The molecule has 0 saturated heterocycles. The zero-order chi connectivity index (χ0) is 20.3. The van der Waals surface area contributed by atoms with Crippen molar-refractivity contribution < 1.29 is 16.8 Å². The topological polar surface area (TPSA) is 80.3 Å². The molecule has 4 aliphatic rings. The molecule has 4 saturated carbocycles. The third kappa shape index (κ3) is 3.64. The minimum Gasteiger partial charge on any atom is -0.224 e. The fourth-order valence-electron chi connectivity index (χ4n) is 6.42. The van der Waals surface area contributed by atoms with Gasteiger partial charge in [-0.25, -0.2) is 21.6 Å². The van der Waals surface area contributed by atoms with Gasteiger partial charge in [0.1, 0.15) is 4.90 Å². The third-order valence-electron chi connectivity index (χ3n) is 7.15. The van der Waals surface area contributed by atoms with Gasteiger partial charge in [0.15, 0.2) is 9.84 Å². The highest BCUT2D eigenvalue weighted by molar-refractivity contribution is 7.91. The van der Waals surface area contributed by atoms with E-state index in [0.717, 1.165) is 49.7 Å². The maximum Gasteiger partial charge on any atom is 0.242 e. The van der Waals surface area contributed by atoms with E-state index >= 15 is 0 Å². The van der Waals surface area contributed by atoms with Crippen LogP contribution in [0.3, 0.4) is 0 Å². The molecule has 0 amide bonds. The molecule has 5 rings (SSSR count). The van der Waals surface area contributed by atoms with Crippen LogP contribution in [0.15, 0.2) is 28.0 Å². The largest absolute Gasteiger partial charge is 0.242 e. The minimum absolute atomic E-state index is 0.0253. The van der Waals surface area contributed by atoms with E-state index in [-0.39, 0.29) is 26.3 Å². The molecular weight excluding hydrogens is 418 g/mol. The van der Waals surface area contributed by atoms with Crippen LogP contribution in [0, 0.1) is 23.2 Å². The van der Waals surface area contributed by atoms with Gasteiger partial charge in [-0.2, -0.15) is 0 Å². The number of rotatable bonds is 6. The number of sulfone groups is 1. The van der Waals surface area contributed by atoms with E-state index in [1.807, 2.05) is 6.92 Å². The molecule has 1 atom stereocenters. The maximum absolute atomic E-state index is 13.2. The average molecular weight is 446 g/mol. The summed E-state index contributed by atoms with van der Waals surface area (Å²) >= 11 is 6.16. The molecule has 0 heterocycles. The van der Waals surface area contributed by atoms with Crippen LogP contribution in [-0.2, 0) is 19.9 Å². The van der Waals surface area contributed by atoms with Crippen LogP contribution in [0.4, 0.5) is 0 Å². The monoisotopic (exact) mass is 445 g/mol. The molecule has 1 aromatic rings. The zero-order valence-corrected chi connectivity index (χ0v) is 18.7. The summed E-state index contributed by atoms with van der Waals surface area (Å²) in [6, 6.07) is 3.71. The quantitative estimate of drug-likeness (QED) is 0.717. The SMILES string of the molecule is CCC(NS(=O)(=O)c1cc(S(C)(=O)=O)ccc1Cl)C12CC3CC(CC(C3)C1)C2. The summed E-state index contributed by atoms with van der Waals surface area (Å²) in [6.07, 6.45) is 8.95. The standard InChI is InChI=1S/C20H28ClNO4S2/c1-3-19(20-10-13-6-14(11-20)8-15(7-13)12-20)22-28(25,26)18-9-16(27(2,23)24)4-5-17(18)21/h4-5,9,13-15,19,22H,3,6-8,10-12H2,1-2H3. The van der Waals surface area contributed by atoms with Crippen molar-refractivity contribution in [2.75, 3.05) is 6.26 Å². The first-order valence-electron chi connectivity index (χ1n) is 10.0. The zero-order valence-electron chi connectivity index (χ0n) is 16.3. The van der Waals surface area contributed by atoms with Crippen LogP contribution >= 0.6 is 11.6 Å². The number of nitrogens with one attached hydrogen (secondary N) is 1. The first-order valence-corrected chi connectivity index (χ1v) is 13.8. The highest BCUT2D eigenvalue weighted by atomic mass is 35.5. The number of benzene rings is 1. The number of hydrogen-bond acceptors (Lipinski definition) is 4. The van der Waals surface area contributed by atoms with E-state index in [0.29, 0.717) is 0 Å². The summed E-state index contributed by atoms with van der Waals surface area (Å²) in [5.41, 5.74) is 0.0253. The molecule has 1 unspecified atom stereocenters. The van der Waals surface area contributed by atoms with Crippen molar-refractivity contribution in [1.29, 1.82) is 0 Å². The van der Waals surface area contributed by atoms with Gasteiger partial charge in [0.2, 0.25) is 10.0 Å². The Bertz CT molecular complexity index is 952.